The molecule has 0 saturated heterocycles. The molecule has 0 aromatic rings. The minimum atomic E-state index is -0.704. The van der Waals surface area contributed by atoms with Crippen LogP contribution in [0.4, 0.5) is 0 Å². The van der Waals surface area contributed by atoms with Gasteiger partial charge in [0.2, 0.25) is 0 Å². The molecule has 2 heteroatoms. The molecule has 0 rings (SSSR count). The second-order valence-corrected chi connectivity index (χ2v) is 3.08. The monoisotopic (exact) mass is 142 g/mol. The molecule has 2 nitrogen and oxygen atoms in total. The molecule has 0 heterocycles. The highest BCUT2D eigenvalue weighted by Crippen LogP contribution is 2.08. The maximum absolute atomic E-state index is 10.1. The lowest BCUT2D eigenvalue weighted by Gasteiger charge is -2.13. The lowest BCUT2D eigenvalue weighted by Crippen LogP contribution is -2.16. The average molecular weight is 142 g/mol. The maximum atomic E-state index is 10.1. The molecule has 1 N–H and O–H groups in total. The Bertz CT molecular complexity index is 140. The van der Waals surface area contributed by atoms with Crippen molar-refractivity contribution in [1.29, 1.82) is 0 Å². The van der Waals surface area contributed by atoms with Crippen molar-refractivity contribution in [3.05, 3.63) is 11.6 Å². The standard InChI is InChI=1S/C8H14O2/c1-7(6-9)4-5-8(2,3)10/h4,6,10H,5H2,1-3H3. The minimum absolute atomic E-state index is 0.525. The maximum Gasteiger partial charge on any atom is 0.145 e. The highest BCUT2D eigenvalue weighted by Gasteiger charge is 2.09. The first-order chi connectivity index (χ1) is 4.45. The number of allylic oxidation sites excluding steroid dienone is 1. The van der Waals surface area contributed by atoms with Gasteiger partial charge >= 0.3 is 0 Å². The molecule has 0 unspecified atom stereocenters. The average Bonchev–Trinajstić information content (AvgIpc) is 1.81. The molecule has 0 aromatic carbocycles. The van der Waals surface area contributed by atoms with E-state index in [1.54, 1.807) is 26.8 Å². The fourth-order valence-electron chi connectivity index (χ4n) is 0.459. The van der Waals surface area contributed by atoms with Crippen molar-refractivity contribution in [2.45, 2.75) is 32.8 Å². The summed E-state index contributed by atoms with van der Waals surface area (Å²) in [5, 5.41) is 9.20. The Morgan fingerprint density at radius 1 is 1.60 bits per heavy atom. The van der Waals surface area contributed by atoms with Crippen molar-refractivity contribution in [1.82, 2.24) is 0 Å². The van der Waals surface area contributed by atoms with Gasteiger partial charge in [0.15, 0.2) is 0 Å². The zero-order valence-corrected chi connectivity index (χ0v) is 6.72. The van der Waals surface area contributed by atoms with Crippen LogP contribution in [0.5, 0.6) is 0 Å². The van der Waals surface area contributed by atoms with E-state index in [2.05, 4.69) is 0 Å². The topological polar surface area (TPSA) is 37.3 Å². The van der Waals surface area contributed by atoms with Crippen LogP contribution < -0.4 is 0 Å². The van der Waals surface area contributed by atoms with E-state index >= 15 is 0 Å². The van der Waals surface area contributed by atoms with Crippen LogP contribution in [0.2, 0.25) is 0 Å². The number of hydrogen-bond donors (Lipinski definition) is 1. The first-order valence-electron chi connectivity index (χ1n) is 3.30. The molecule has 0 aliphatic heterocycles. The summed E-state index contributed by atoms with van der Waals surface area (Å²) in [6.45, 7) is 5.14. The van der Waals surface area contributed by atoms with Crippen LogP contribution >= 0.6 is 0 Å². The molecule has 0 fully saturated rings. The van der Waals surface area contributed by atoms with Gasteiger partial charge < -0.3 is 5.11 Å². The largest absolute Gasteiger partial charge is 0.390 e. The summed E-state index contributed by atoms with van der Waals surface area (Å²) in [5.41, 5.74) is -0.0355. The molecule has 0 radical (unpaired) electrons. The predicted octanol–water partition coefficient (Wildman–Crippen LogP) is 1.29. The lowest BCUT2D eigenvalue weighted by molar-refractivity contribution is -0.104. The van der Waals surface area contributed by atoms with Crippen molar-refractivity contribution < 1.29 is 9.90 Å². The third-order valence-electron chi connectivity index (χ3n) is 1.11. The van der Waals surface area contributed by atoms with E-state index in [-0.39, 0.29) is 0 Å². The third kappa shape index (κ3) is 5.51. The smallest absolute Gasteiger partial charge is 0.145 e. The van der Waals surface area contributed by atoms with Gasteiger partial charge in [0.25, 0.3) is 0 Å². The normalized spacial score (nSPS) is 13.4. The van der Waals surface area contributed by atoms with Crippen LogP contribution in [0.1, 0.15) is 27.2 Å². The van der Waals surface area contributed by atoms with E-state index in [9.17, 15) is 9.90 Å². The Hall–Kier alpha value is -0.630. The van der Waals surface area contributed by atoms with E-state index in [0.29, 0.717) is 12.0 Å². The number of rotatable bonds is 3. The predicted molar refractivity (Wildman–Crippen MR) is 40.7 cm³/mol. The van der Waals surface area contributed by atoms with E-state index in [1.807, 2.05) is 0 Å². The molecule has 58 valence electrons. The number of aliphatic hydroxyl groups is 1. The molecule has 0 aliphatic rings. The fraction of sp³-hybridized carbons (Fsp3) is 0.625. The highest BCUT2D eigenvalue weighted by molar-refractivity contribution is 5.71. The summed E-state index contributed by atoms with van der Waals surface area (Å²) in [4.78, 5) is 10.1. The summed E-state index contributed by atoms with van der Waals surface area (Å²) in [7, 11) is 0. The van der Waals surface area contributed by atoms with Gasteiger partial charge in [-0.05, 0) is 32.8 Å². The number of carbonyl (C=O) groups excluding carboxylic acids is 1. The number of carbonyl (C=O) groups is 1. The molecular formula is C8H14O2. The molecule has 0 aliphatic carbocycles. The molecule has 0 aromatic heterocycles. The first-order valence-corrected chi connectivity index (χ1v) is 3.30. The highest BCUT2D eigenvalue weighted by atomic mass is 16.3. The number of hydrogen-bond acceptors (Lipinski definition) is 2. The first kappa shape index (κ1) is 9.37. The SMILES string of the molecule is CC(C=O)=CCC(C)(C)O. The molecule has 0 amide bonds. The van der Waals surface area contributed by atoms with Gasteiger partial charge in [0.05, 0.1) is 5.60 Å². The van der Waals surface area contributed by atoms with Gasteiger partial charge in [-0.25, -0.2) is 0 Å². The van der Waals surface area contributed by atoms with E-state index in [1.165, 1.54) is 0 Å². The molecule has 0 spiro atoms. The Morgan fingerprint density at radius 2 is 2.10 bits per heavy atom. The molecule has 0 bridgehead atoms. The van der Waals surface area contributed by atoms with Crippen LogP contribution in [0.3, 0.4) is 0 Å². The van der Waals surface area contributed by atoms with Gasteiger partial charge in [0, 0.05) is 0 Å². The summed E-state index contributed by atoms with van der Waals surface area (Å²) in [5.74, 6) is 0. The van der Waals surface area contributed by atoms with Crippen molar-refractivity contribution in [2.24, 2.45) is 0 Å². The Kier molecular flexibility index (Phi) is 3.30. The summed E-state index contributed by atoms with van der Waals surface area (Å²) in [6, 6.07) is 0. The Morgan fingerprint density at radius 3 is 2.40 bits per heavy atom. The van der Waals surface area contributed by atoms with Gasteiger partial charge in [-0.3, -0.25) is 4.79 Å². The van der Waals surface area contributed by atoms with E-state index in [4.69, 9.17) is 0 Å². The van der Waals surface area contributed by atoms with Crippen molar-refractivity contribution in [3.63, 3.8) is 0 Å². The van der Waals surface area contributed by atoms with Gasteiger partial charge in [-0.1, -0.05) is 6.08 Å². The summed E-state index contributed by atoms with van der Waals surface area (Å²) in [6.07, 6.45) is 3.04. The van der Waals surface area contributed by atoms with Crippen LogP contribution in [-0.2, 0) is 4.79 Å². The summed E-state index contributed by atoms with van der Waals surface area (Å²) < 4.78 is 0. The van der Waals surface area contributed by atoms with Crippen LogP contribution in [0.15, 0.2) is 11.6 Å². The lowest BCUT2D eigenvalue weighted by atomic mass is 10.0. The van der Waals surface area contributed by atoms with Crippen LogP contribution in [0, 0.1) is 0 Å². The van der Waals surface area contributed by atoms with Crippen molar-refractivity contribution in [3.8, 4) is 0 Å². The van der Waals surface area contributed by atoms with Crippen molar-refractivity contribution >= 4 is 6.29 Å². The Labute approximate surface area is 61.6 Å². The second kappa shape index (κ2) is 3.52. The van der Waals surface area contributed by atoms with E-state index < -0.39 is 5.60 Å². The molecule has 0 saturated carbocycles. The fourth-order valence-corrected chi connectivity index (χ4v) is 0.459. The quantitative estimate of drug-likeness (QED) is 0.476. The summed E-state index contributed by atoms with van der Waals surface area (Å²) >= 11 is 0. The van der Waals surface area contributed by atoms with Gasteiger partial charge in [-0.2, -0.15) is 0 Å². The minimum Gasteiger partial charge on any atom is -0.390 e. The van der Waals surface area contributed by atoms with Crippen LogP contribution in [-0.4, -0.2) is 17.0 Å². The molecule has 0 atom stereocenters. The van der Waals surface area contributed by atoms with Crippen LogP contribution in [0.25, 0.3) is 0 Å². The van der Waals surface area contributed by atoms with E-state index in [0.717, 1.165) is 6.29 Å². The zero-order valence-electron chi connectivity index (χ0n) is 6.72. The van der Waals surface area contributed by atoms with Crippen molar-refractivity contribution in [2.75, 3.05) is 0 Å². The second-order valence-electron chi connectivity index (χ2n) is 3.08. The third-order valence-corrected chi connectivity index (χ3v) is 1.11. The van der Waals surface area contributed by atoms with Gasteiger partial charge in [-0.15, -0.1) is 0 Å². The molecular weight excluding hydrogens is 128 g/mol. The zero-order chi connectivity index (χ0) is 8.20. The van der Waals surface area contributed by atoms with Gasteiger partial charge in [0.1, 0.15) is 6.29 Å². The molecule has 10 heavy (non-hydrogen) atoms. The Balaban J connectivity index is 3.84. The number of aldehydes is 1.